The Morgan fingerprint density at radius 2 is 1.73 bits per heavy atom. The molecule has 5 nitrogen and oxygen atoms in total. The van der Waals surface area contributed by atoms with E-state index in [1.165, 1.54) is 0 Å². The average molecular weight is 395 g/mol. The zero-order valence-electron chi connectivity index (χ0n) is 13.8. The molecular formula is C19H16Cl2O5. The summed E-state index contributed by atoms with van der Waals surface area (Å²) in [4.78, 5) is 23.9. The smallest absolute Gasteiger partial charge is 0.306 e. The third-order valence-corrected chi connectivity index (χ3v) is 4.31. The summed E-state index contributed by atoms with van der Waals surface area (Å²) in [6.07, 6.45) is 0.0715. The largest absolute Gasteiger partial charge is 0.486 e. The minimum atomic E-state index is -0.460. The first-order valence-corrected chi connectivity index (χ1v) is 8.81. The van der Waals surface area contributed by atoms with Gasteiger partial charge in [0, 0.05) is 17.0 Å². The van der Waals surface area contributed by atoms with E-state index in [0.717, 1.165) is 0 Å². The van der Waals surface area contributed by atoms with Crippen molar-refractivity contribution < 1.29 is 23.8 Å². The highest BCUT2D eigenvalue weighted by Crippen LogP contribution is 2.38. The van der Waals surface area contributed by atoms with Gasteiger partial charge in [0.05, 0.1) is 11.4 Å². The van der Waals surface area contributed by atoms with Gasteiger partial charge >= 0.3 is 5.97 Å². The molecule has 0 aromatic heterocycles. The molecule has 0 spiro atoms. The fourth-order valence-electron chi connectivity index (χ4n) is 2.48. The Kier molecular flexibility index (Phi) is 6.01. The minimum Gasteiger partial charge on any atom is -0.486 e. The van der Waals surface area contributed by atoms with Crippen LogP contribution in [0.25, 0.3) is 0 Å². The van der Waals surface area contributed by atoms with Gasteiger partial charge in [0.1, 0.15) is 19.8 Å². The number of fused-ring (bicyclic) bond motifs is 1. The predicted molar refractivity (Wildman–Crippen MR) is 97.3 cm³/mol. The highest BCUT2D eigenvalue weighted by molar-refractivity contribution is 6.32. The van der Waals surface area contributed by atoms with Gasteiger partial charge in [0.25, 0.3) is 0 Å². The van der Waals surface area contributed by atoms with Crippen LogP contribution in [0.4, 0.5) is 0 Å². The molecular weight excluding hydrogens is 379 g/mol. The maximum Gasteiger partial charge on any atom is 0.306 e. The van der Waals surface area contributed by atoms with Crippen LogP contribution in [0.1, 0.15) is 28.8 Å². The lowest BCUT2D eigenvalue weighted by atomic mass is 10.1. The number of hydrogen-bond acceptors (Lipinski definition) is 5. The third kappa shape index (κ3) is 4.68. The lowest BCUT2D eigenvalue weighted by Crippen LogP contribution is -2.16. The van der Waals surface area contributed by atoms with Crippen molar-refractivity contribution in [1.82, 2.24) is 0 Å². The Morgan fingerprint density at radius 3 is 2.50 bits per heavy atom. The van der Waals surface area contributed by atoms with Crippen LogP contribution < -0.4 is 9.47 Å². The summed E-state index contributed by atoms with van der Waals surface area (Å²) >= 11 is 11.9. The van der Waals surface area contributed by atoms with Crippen molar-refractivity contribution in [2.75, 3.05) is 13.2 Å². The van der Waals surface area contributed by atoms with E-state index in [4.69, 9.17) is 37.4 Å². The first-order valence-electron chi connectivity index (χ1n) is 8.05. The molecule has 0 unspecified atom stereocenters. The summed E-state index contributed by atoms with van der Waals surface area (Å²) in [6.45, 7) is 0.937. The van der Waals surface area contributed by atoms with Crippen LogP contribution in [0.15, 0.2) is 36.4 Å². The van der Waals surface area contributed by atoms with Crippen molar-refractivity contribution in [3.8, 4) is 11.5 Å². The lowest BCUT2D eigenvalue weighted by molar-refractivity contribution is -0.144. The van der Waals surface area contributed by atoms with Crippen molar-refractivity contribution in [2.24, 2.45) is 0 Å². The monoisotopic (exact) mass is 394 g/mol. The topological polar surface area (TPSA) is 61.8 Å². The molecule has 0 fully saturated rings. The molecule has 1 aliphatic heterocycles. The molecule has 0 saturated heterocycles. The van der Waals surface area contributed by atoms with E-state index in [1.807, 2.05) is 0 Å². The normalized spacial score (nSPS) is 12.5. The van der Waals surface area contributed by atoms with Crippen LogP contribution in [0.2, 0.25) is 10.0 Å². The molecule has 7 heteroatoms. The second-order valence-corrected chi connectivity index (χ2v) is 6.54. The Labute approximate surface area is 160 Å². The van der Waals surface area contributed by atoms with Gasteiger partial charge in [-0.2, -0.15) is 0 Å². The van der Waals surface area contributed by atoms with Gasteiger partial charge < -0.3 is 14.2 Å². The van der Waals surface area contributed by atoms with Crippen molar-refractivity contribution in [2.45, 2.75) is 19.4 Å². The number of ketones is 1. The van der Waals surface area contributed by atoms with E-state index in [9.17, 15) is 9.59 Å². The minimum absolute atomic E-state index is 0.000254. The number of rotatable bonds is 6. The molecule has 3 rings (SSSR count). The molecule has 136 valence electrons. The Balaban J connectivity index is 1.50. The first kappa shape index (κ1) is 18.5. The van der Waals surface area contributed by atoms with E-state index in [-0.39, 0.29) is 25.2 Å². The molecule has 2 aromatic carbocycles. The summed E-state index contributed by atoms with van der Waals surface area (Å²) in [6, 6.07) is 9.94. The van der Waals surface area contributed by atoms with Gasteiger partial charge in [-0.05, 0) is 42.0 Å². The summed E-state index contributed by atoms with van der Waals surface area (Å²) in [5, 5.41) is 0.963. The Hall–Kier alpha value is -2.24. The SMILES string of the molecule is O=C(CCC(=O)c1ccc(Cl)cc1)OCc1cc(Cl)c2c(c1)OCCO2. The molecule has 0 atom stereocenters. The number of halogens is 2. The van der Waals surface area contributed by atoms with Gasteiger partial charge in [-0.15, -0.1) is 0 Å². The Morgan fingerprint density at radius 1 is 1.00 bits per heavy atom. The van der Waals surface area contributed by atoms with Crippen molar-refractivity contribution in [3.63, 3.8) is 0 Å². The maximum absolute atomic E-state index is 12.0. The van der Waals surface area contributed by atoms with Crippen molar-refractivity contribution in [1.29, 1.82) is 0 Å². The second kappa shape index (κ2) is 8.43. The third-order valence-electron chi connectivity index (χ3n) is 3.78. The highest BCUT2D eigenvalue weighted by atomic mass is 35.5. The highest BCUT2D eigenvalue weighted by Gasteiger charge is 2.17. The van der Waals surface area contributed by atoms with Gasteiger partial charge in [-0.3, -0.25) is 9.59 Å². The molecule has 26 heavy (non-hydrogen) atoms. The molecule has 0 saturated carbocycles. The van der Waals surface area contributed by atoms with E-state index in [1.54, 1.807) is 36.4 Å². The number of Topliss-reactive ketones (excluding diaryl/α,β-unsaturated/α-hetero) is 1. The first-order chi connectivity index (χ1) is 12.5. The summed E-state index contributed by atoms with van der Waals surface area (Å²) < 4.78 is 16.1. The summed E-state index contributed by atoms with van der Waals surface area (Å²) in [7, 11) is 0. The summed E-state index contributed by atoms with van der Waals surface area (Å²) in [5.41, 5.74) is 1.21. The molecule has 2 aromatic rings. The van der Waals surface area contributed by atoms with Gasteiger partial charge in [-0.25, -0.2) is 0 Å². The van der Waals surface area contributed by atoms with E-state index in [0.29, 0.717) is 45.9 Å². The van der Waals surface area contributed by atoms with Crippen LogP contribution in [0.5, 0.6) is 11.5 Å². The number of carbonyl (C=O) groups excluding carboxylic acids is 2. The molecule has 1 aliphatic rings. The van der Waals surface area contributed by atoms with Crippen molar-refractivity contribution >= 4 is 35.0 Å². The zero-order valence-corrected chi connectivity index (χ0v) is 15.3. The van der Waals surface area contributed by atoms with Crippen LogP contribution in [0.3, 0.4) is 0 Å². The van der Waals surface area contributed by atoms with Crippen LogP contribution >= 0.6 is 23.2 Å². The number of carbonyl (C=O) groups is 2. The fraction of sp³-hybridized carbons (Fsp3) is 0.263. The maximum atomic E-state index is 12.0. The molecule has 1 heterocycles. The van der Waals surface area contributed by atoms with E-state index in [2.05, 4.69) is 0 Å². The summed E-state index contributed by atoms with van der Waals surface area (Å²) in [5.74, 6) is 0.439. The predicted octanol–water partition coefficient (Wildman–Crippen LogP) is 4.47. The number of hydrogen-bond donors (Lipinski definition) is 0. The standard InChI is InChI=1S/C19H16Cl2O5/c20-14-3-1-13(2-4-14)16(22)5-6-18(23)26-11-12-9-15(21)19-17(10-12)24-7-8-25-19/h1-4,9-10H,5-8,11H2. The average Bonchev–Trinajstić information content (AvgIpc) is 2.65. The number of ether oxygens (including phenoxy) is 3. The van der Waals surface area contributed by atoms with Crippen LogP contribution in [-0.4, -0.2) is 25.0 Å². The van der Waals surface area contributed by atoms with Crippen LogP contribution in [-0.2, 0) is 16.1 Å². The fourth-order valence-corrected chi connectivity index (χ4v) is 2.89. The van der Waals surface area contributed by atoms with Crippen LogP contribution in [0, 0.1) is 0 Å². The van der Waals surface area contributed by atoms with Gasteiger partial charge in [0.15, 0.2) is 17.3 Å². The van der Waals surface area contributed by atoms with Gasteiger partial charge in [0.2, 0.25) is 0 Å². The molecule has 0 radical (unpaired) electrons. The van der Waals surface area contributed by atoms with E-state index >= 15 is 0 Å². The lowest BCUT2D eigenvalue weighted by Gasteiger charge is -2.20. The molecule has 0 bridgehead atoms. The van der Waals surface area contributed by atoms with Gasteiger partial charge in [-0.1, -0.05) is 23.2 Å². The zero-order chi connectivity index (χ0) is 18.5. The second-order valence-electron chi connectivity index (χ2n) is 5.69. The van der Waals surface area contributed by atoms with Crippen molar-refractivity contribution in [3.05, 3.63) is 57.6 Å². The molecule has 0 aliphatic carbocycles. The van der Waals surface area contributed by atoms with E-state index < -0.39 is 5.97 Å². The number of benzene rings is 2. The number of esters is 1. The molecule has 0 amide bonds. The quantitative estimate of drug-likeness (QED) is 0.534. The molecule has 0 N–H and O–H groups in total. The Bertz CT molecular complexity index is 817.